The van der Waals surface area contributed by atoms with Crippen LogP contribution in [-0.4, -0.2) is 123 Å². The second-order valence-corrected chi connectivity index (χ2v) is 17.3. The molecule has 0 bridgehead atoms. The minimum atomic E-state index is -1.52. The lowest BCUT2D eigenvalue weighted by Gasteiger charge is -2.33. The molecule has 0 saturated carbocycles. The number of carbonyl (C=O) groups excluding carboxylic acids is 6. The number of aromatic amines is 2. The van der Waals surface area contributed by atoms with E-state index in [0.29, 0.717) is 30.7 Å². The molecule has 7 atom stereocenters. The Labute approximate surface area is 376 Å². The zero-order valence-corrected chi connectivity index (χ0v) is 37.2. The Morgan fingerprint density at radius 3 is 1.70 bits per heavy atom. The van der Waals surface area contributed by atoms with Crippen LogP contribution in [-0.2, 0) is 48.0 Å². The molecule has 1 aliphatic heterocycles. The van der Waals surface area contributed by atoms with Crippen LogP contribution in [0.2, 0.25) is 0 Å². The van der Waals surface area contributed by atoms with Crippen molar-refractivity contribution in [1.29, 1.82) is 0 Å². The van der Waals surface area contributed by atoms with Gasteiger partial charge in [0.2, 0.25) is 35.4 Å². The Hall–Kier alpha value is -6.17. The zero-order valence-electron chi connectivity index (χ0n) is 36.4. The molecule has 5 aromatic rings. The highest BCUT2D eigenvalue weighted by molar-refractivity contribution is 7.98. The number of para-hydroxylation sites is 2. The normalized spacial score (nSPS) is 22.5. The Balaban J connectivity index is 1.46. The number of fused-ring (bicyclic) bond motifs is 2. The predicted octanol–water partition coefficient (Wildman–Crippen LogP) is 2.20. The van der Waals surface area contributed by atoms with E-state index < -0.39 is 77.8 Å². The summed E-state index contributed by atoms with van der Waals surface area (Å²) in [7, 11) is 1.47. The molecule has 0 unspecified atom stereocenters. The maximum atomic E-state index is 14.9. The second kappa shape index (κ2) is 22.4. The summed E-state index contributed by atoms with van der Waals surface area (Å²) < 4.78 is 0. The van der Waals surface area contributed by atoms with Gasteiger partial charge in [0.25, 0.3) is 0 Å². The number of nitrogens with zero attached hydrogens (tertiary/aromatic N) is 1. The Morgan fingerprint density at radius 1 is 0.625 bits per heavy atom. The van der Waals surface area contributed by atoms with E-state index in [0.717, 1.165) is 32.9 Å². The fourth-order valence-corrected chi connectivity index (χ4v) is 8.56. The van der Waals surface area contributed by atoms with Crippen molar-refractivity contribution in [3.8, 4) is 0 Å². The molecule has 0 spiro atoms. The fourth-order valence-electron chi connectivity index (χ4n) is 8.09. The number of nitrogens with one attached hydrogen (secondary N) is 7. The summed E-state index contributed by atoms with van der Waals surface area (Å²) in [5.74, 6) is -3.70. The number of aliphatic hydroxyl groups excluding tert-OH is 1. The molecule has 0 radical (unpaired) electrons. The van der Waals surface area contributed by atoms with E-state index in [9.17, 15) is 33.9 Å². The number of H-pyrrole nitrogens is 2. The van der Waals surface area contributed by atoms with Gasteiger partial charge in [-0.2, -0.15) is 11.8 Å². The Morgan fingerprint density at radius 2 is 1.14 bits per heavy atom. The van der Waals surface area contributed by atoms with Crippen molar-refractivity contribution < 1.29 is 33.9 Å². The molecule has 16 nitrogen and oxygen atoms in total. The summed E-state index contributed by atoms with van der Waals surface area (Å²) in [5.41, 5.74) is 9.61. The standard InChI is InChI=1S/C47H59N9O7S/c1-28(57)41-46(62)52-37(20-22-64-3)47(63)56(2)40(23-29-13-5-4-6-14-29)45(61)54-39(25-31-27-50-35-18-10-8-16-33(31)35)44(60)53-38(24-30-26-49-34-17-9-7-15-32(30)34)43(59)51-36(42(58)55-41)19-11-12-21-48/h4-10,13-18,26-28,36-41,49-50,57H,11-12,19-25,48H2,1-3H3,(H,51,59)(H,52,62)(H,53,60)(H,54,61)(H,55,58)/t28-,36+,37+,38-,39+,40+,41+/m1/s1. The van der Waals surface area contributed by atoms with E-state index in [1.54, 1.807) is 12.4 Å². The Kier molecular flexibility index (Phi) is 16.6. The van der Waals surface area contributed by atoms with Crippen LogP contribution in [0, 0.1) is 0 Å². The van der Waals surface area contributed by atoms with Crippen LogP contribution in [0.15, 0.2) is 91.3 Å². The monoisotopic (exact) mass is 893 g/mol. The molecule has 3 heterocycles. The molecule has 2 aromatic heterocycles. The van der Waals surface area contributed by atoms with Gasteiger partial charge >= 0.3 is 0 Å². The third-order valence-corrected chi connectivity index (χ3v) is 12.4. The zero-order chi connectivity index (χ0) is 45.8. The number of carbonyl (C=O) groups is 6. The largest absolute Gasteiger partial charge is 0.391 e. The first-order valence-corrected chi connectivity index (χ1v) is 23.1. The number of thioether (sulfide) groups is 1. The van der Waals surface area contributed by atoms with Crippen molar-refractivity contribution in [2.45, 2.75) is 94.2 Å². The number of unbranched alkanes of at least 4 members (excludes halogenated alkanes) is 1. The van der Waals surface area contributed by atoms with E-state index in [2.05, 4.69) is 36.6 Å². The average Bonchev–Trinajstić information content (AvgIpc) is 3.90. The van der Waals surface area contributed by atoms with Crippen LogP contribution in [0.3, 0.4) is 0 Å². The van der Waals surface area contributed by atoms with Crippen molar-refractivity contribution in [2.75, 3.05) is 25.6 Å². The van der Waals surface area contributed by atoms with Gasteiger partial charge in [-0.25, -0.2) is 0 Å². The topological polar surface area (TPSA) is 244 Å². The van der Waals surface area contributed by atoms with Gasteiger partial charge in [-0.15, -0.1) is 0 Å². The van der Waals surface area contributed by atoms with Crippen LogP contribution in [0.1, 0.15) is 49.3 Å². The molecule has 6 rings (SSSR count). The van der Waals surface area contributed by atoms with E-state index in [1.165, 1.54) is 30.6 Å². The van der Waals surface area contributed by atoms with Crippen molar-refractivity contribution in [3.05, 3.63) is 108 Å². The minimum absolute atomic E-state index is 0.00348. The van der Waals surface area contributed by atoms with Gasteiger partial charge in [0.1, 0.15) is 36.3 Å². The molecule has 10 N–H and O–H groups in total. The highest BCUT2D eigenvalue weighted by Crippen LogP contribution is 2.22. The molecule has 3 aromatic carbocycles. The highest BCUT2D eigenvalue weighted by Gasteiger charge is 2.38. The number of hydrogen-bond donors (Lipinski definition) is 9. The van der Waals surface area contributed by atoms with Gasteiger partial charge < -0.3 is 52.3 Å². The van der Waals surface area contributed by atoms with Crippen LogP contribution in [0.25, 0.3) is 21.8 Å². The lowest BCUT2D eigenvalue weighted by Crippen LogP contribution is -2.63. The van der Waals surface area contributed by atoms with E-state index in [-0.39, 0.29) is 32.1 Å². The van der Waals surface area contributed by atoms with Gasteiger partial charge in [-0.05, 0) is 80.0 Å². The van der Waals surface area contributed by atoms with E-state index >= 15 is 0 Å². The number of hydrogen-bond acceptors (Lipinski definition) is 9. The summed E-state index contributed by atoms with van der Waals surface area (Å²) >= 11 is 1.45. The number of likely N-dealkylation sites (N-methyl/N-ethyl adjacent to an activating group) is 1. The summed E-state index contributed by atoms with van der Waals surface area (Å²) in [6.07, 6.45) is 5.28. The van der Waals surface area contributed by atoms with E-state index in [4.69, 9.17) is 5.73 Å². The van der Waals surface area contributed by atoms with Crippen molar-refractivity contribution in [3.63, 3.8) is 0 Å². The molecular weight excluding hydrogens is 835 g/mol. The molecule has 17 heteroatoms. The number of aliphatic hydroxyl groups is 1. The first-order chi connectivity index (χ1) is 30.9. The third kappa shape index (κ3) is 11.9. The molecule has 6 amide bonds. The maximum Gasteiger partial charge on any atom is 0.245 e. The van der Waals surface area contributed by atoms with Gasteiger partial charge in [0.15, 0.2) is 0 Å². The molecule has 1 fully saturated rings. The molecule has 1 saturated heterocycles. The van der Waals surface area contributed by atoms with Gasteiger partial charge in [0, 0.05) is 60.5 Å². The minimum Gasteiger partial charge on any atom is -0.391 e. The van der Waals surface area contributed by atoms with Gasteiger partial charge in [-0.3, -0.25) is 28.8 Å². The summed E-state index contributed by atoms with van der Waals surface area (Å²) in [5, 5.41) is 26.6. The lowest BCUT2D eigenvalue weighted by atomic mass is 9.99. The van der Waals surface area contributed by atoms with Crippen LogP contribution in [0.4, 0.5) is 0 Å². The van der Waals surface area contributed by atoms with E-state index in [1.807, 2.05) is 85.1 Å². The summed E-state index contributed by atoms with van der Waals surface area (Å²) in [4.78, 5) is 94.8. The number of amides is 6. The molecule has 0 aliphatic carbocycles. The van der Waals surface area contributed by atoms with Gasteiger partial charge in [0.05, 0.1) is 6.10 Å². The third-order valence-electron chi connectivity index (χ3n) is 11.7. The number of benzene rings is 3. The lowest BCUT2D eigenvalue weighted by molar-refractivity contribution is -0.143. The number of aromatic nitrogens is 2. The number of nitrogens with two attached hydrogens (primary N) is 1. The maximum absolute atomic E-state index is 14.9. The molecule has 1 aliphatic rings. The predicted molar refractivity (Wildman–Crippen MR) is 248 cm³/mol. The summed E-state index contributed by atoms with van der Waals surface area (Å²) in [6.45, 7) is 1.67. The molecular formula is C47H59N9O7S. The first kappa shape index (κ1) is 47.3. The average molecular weight is 894 g/mol. The fraction of sp³-hybridized carbons (Fsp3) is 0.404. The molecule has 340 valence electrons. The second-order valence-electron chi connectivity index (χ2n) is 16.3. The van der Waals surface area contributed by atoms with Crippen molar-refractivity contribution >= 4 is 69.0 Å². The molecule has 64 heavy (non-hydrogen) atoms. The number of rotatable bonds is 14. The smallest absolute Gasteiger partial charge is 0.245 e. The Bertz CT molecular complexity index is 2400. The highest BCUT2D eigenvalue weighted by atomic mass is 32.2. The quantitative estimate of drug-likeness (QED) is 0.0742. The van der Waals surface area contributed by atoms with Crippen LogP contribution >= 0.6 is 11.8 Å². The van der Waals surface area contributed by atoms with Crippen molar-refractivity contribution in [2.24, 2.45) is 5.73 Å². The first-order valence-electron chi connectivity index (χ1n) is 21.7. The SMILES string of the molecule is CSCC[C@@H]1NC(=O)[C@H]([C@@H](C)O)NC(=O)[C@H](CCCCN)NC(=O)[C@@H](Cc2c[nH]c3ccccc23)NC(=O)[C@H](Cc2c[nH]c3ccccc23)NC(=O)[C@H](Cc2ccccc2)N(C)C1=O. The van der Waals surface area contributed by atoms with Gasteiger partial charge in [-0.1, -0.05) is 66.7 Å². The summed E-state index contributed by atoms with van der Waals surface area (Å²) in [6, 6.07) is 16.6. The van der Waals surface area contributed by atoms with Crippen LogP contribution < -0.4 is 32.3 Å². The van der Waals surface area contributed by atoms with Crippen LogP contribution in [0.5, 0.6) is 0 Å². The van der Waals surface area contributed by atoms with Crippen molar-refractivity contribution in [1.82, 2.24) is 41.5 Å².